The Balaban J connectivity index is 1.84. The number of nitro groups is 1. The molecule has 0 N–H and O–H groups in total. The lowest BCUT2D eigenvalue weighted by Crippen LogP contribution is -2.30. The van der Waals surface area contributed by atoms with Crippen molar-refractivity contribution in [1.29, 1.82) is 0 Å². The average Bonchev–Trinajstić information content (AvgIpc) is 2.98. The maximum atomic E-state index is 11.9. The van der Waals surface area contributed by atoms with Crippen LogP contribution < -0.4 is 4.74 Å². The first-order valence-electron chi connectivity index (χ1n) is 6.18. The monoisotopic (exact) mass is 306 g/mol. The summed E-state index contributed by atoms with van der Waals surface area (Å²) in [7, 11) is 1.71. The van der Waals surface area contributed by atoms with Crippen molar-refractivity contribution in [2.24, 2.45) is 0 Å². The molecule has 0 saturated heterocycles. The Hall–Kier alpha value is -2.41. The zero-order valence-electron chi connectivity index (χ0n) is 11.4. The van der Waals surface area contributed by atoms with Crippen LogP contribution in [0.1, 0.15) is 5.56 Å². The van der Waals surface area contributed by atoms with E-state index in [0.717, 1.165) is 5.56 Å². The van der Waals surface area contributed by atoms with Crippen LogP contribution in [0, 0.1) is 10.1 Å². The third-order valence-corrected chi connectivity index (χ3v) is 3.57. The third kappa shape index (κ3) is 4.28. The average molecular weight is 306 g/mol. The van der Waals surface area contributed by atoms with Crippen LogP contribution in [0.3, 0.4) is 0 Å². The predicted molar refractivity (Wildman–Crippen MR) is 79.4 cm³/mol. The lowest BCUT2D eigenvalue weighted by Gasteiger charge is -2.16. The first-order valence-corrected chi connectivity index (χ1v) is 7.13. The molecule has 0 radical (unpaired) electrons. The number of carbonyl (C=O) groups is 1. The zero-order valence-corrected chi connectivity index (χ0v) is 12.2. The molecule has 0 fully saturated rings. The van der Waals surface area contributed by atoms with Crippen LogP contribution >= 0.6 is 11.3 Å². The van der Waals surface area contributed by atoms with E-state index in [1.54, 1.807) is 23.3 Å². The van der Waals surface area contributed by atoms with E-state index in [-0.39, 0.29) is 18.2 Å². The topological polar surface area (TPSA) is 72.7 Å². The summed E-state index contributed by atoms with van der Waals surface area (Å²) in [6.07, 6.45) is 0. The van der Waals surface area contributed by atoms with Gasteiger partial charge in [0, 0.05) is 25.7 Å². The van der Waals surface area contributed by atoms with Crippen LogP contribution in [0.15, 0.2) is 41.1 Å². The maximum absolute atomic E-state index is 11.9. The molecule has 1 heterocycles. The van der Waals surface area contributed by atoms with Gasteiger partial charge in [-0.05, 0) is 34.5 Å². The molecule has 0 aliphatic heterocycles. The predicted octanol–water partition coefficient (Wildman–Crippen LogP) is 2.69. The highest BCUT2D eigenvalue weighted by atomic mass is 32.1. The smallest absolute Gasteiger partial charge is 0.269 e. The summed E-state index contributed by atoms with van der Waals surface area (Å²) in [5.41, 5.74) is 1.06. The van der Waals surface area contributed by atoms with Gasteiger partial charge >= 0.3 is 0 Å². The standard InChI is InChI=1S/C14H14N2O4S/c1-15(8-11-6-7-21-10-11)14(17)9-20-13-4-2-12(3-5-13)16(18)19/h2-7,10H,8-9H2,1H3. The van der Waals surface area contributed by atoms with Crippen LogP contribution in [0.5, 0.6) is 5.75 Å². The summed E-state index contributed by atoms with van der Waals surface area (Å²) in [6, 6.07) is 7.60. The van der Waals surface area contributed by atoms with E-state index in [1.807, 2.05) is 16.8 Å². The molecule has 0 saturated carbocycles. The van der Waals surface area contributed by atoms with Gasteiger partial charge in [0.2, 0.25) is 0 Å². The van der Waals surface area contributed by atoms with Crippen molar-refractivity contribution in [2.45, 2.75) is 6.54 Å². The molecule has 21 heavy (non-hydrogen) atoms. The van der Waals surface area contributed by atoms with Gasteiger partial charge in [0.05, 0.1) is 4.92 Å². The molecular formula is C14H14N2O4S. The molecule has 1 amide bonds. The fraction of sp³-hybridized carbons (Fsp3) is 0.214. The summed E-state index contributed by atoms with van der Waals surface area (Å²) in [6.45, 7) is 0.435. The number of nitrogens with zero attached hydrogens (tertiary/aromatic N) is 2. The minimum atomic E-state index is -0.483. The van der Waals surface area contributed by atoms with E-state index in [1.165, 1.54) is 24.3 Å². The number of non-ortho nitro benzene ring substituents is 1. The molecule has 0 unspecified atom stereocenters. The van der Waals surface area contributed by atoms with Gasteiger partial charge in [-0.2, -0.15) is 11.3 Å². The van der Waals surface area contributed by atoms with E-state index >= 15 is 0 Å². The van der Waals surface area contributed by atoms with Gasteiger partial charge in [0.25, 0.3) is 11.6 Å². The fourth-order valence-corrected chi connectivity index (χ4v) is 2.32. The lowest BCUT2D eigenvalue weighted by molar-refractivity contribution is -0.384. The number of thiophene rings is 1. The lowest BCUT2D eigenvalue weighted by atomic mass is 10.3. The third-order valence-electron chi connectivity index (χ3n) is 2.84. The Morgan fingerprint density at radius 1 is 1.33 bits per heavy atom. The number of hydrogen-bond acceptors (Lipinski definition) is 5. The van der Waals surface area contributed by atoms with Crippen LogP contribution in [-0.4, -0.2) is 29.4 Å². The van der Waals surface area contributed by atoms with Crippen LogP contribution in [-0.2, 0) is 11.3 Å². The largest absolute Gasteiger partial charge is 0.484 e. The van der Waals surface area contributed by atoms with Gasteiger partial charge in [0.15, 0.2) is 6.61 Å². The molecule has 0 spiro atoms. The Labute approximate surface area is 125 Å². The number of amides is 1. The number of ether oxygens (including phenoxy) is 1. The van der Waals surface area contributed by atoms with Gasteiger partial charge in [0.1, 0.15) is 5.75 Å². The number of benzene rings is 1. The van der Waals surface area contributed by atoms with Gasteiger partial charge in [-0.1, -0.05) is 0 Å². The molecule has 110 valence electrons. The maximum Gasteiger partial charge on any atom is 0.269 e. The zero-order chi connectivity index (χ0) is 15.2. The second-order valence-corrected chi connectivity index (χ2v) is 5.20. The van der Waals surface area contributed by atoms with Crippen molar-refractivity contribution in [2.75, 3.05) is 13.7 Å². The van der Waals surface area contributed by atoms with E-state index in [4.69, 9.17) is 4.74 Å². The summed E-state index contributed by atoms with van der Waals surface area (Å²) in [5, 5.41) is 14.5. The van der Waals surface area contributed by atoms with Crippen molar-refractivity contribution >= 4 is 22.9 Å². The van der Waals surface area contributed by atoms with Crippen molar-refractivity contribution in [3.8, 4) is 5.75 Å². The van der Waals surface area contributed by atoms with E-state index in [9.17, 15) is 14.9 Å². The molecule has 1 aromatic heterocycles. The van der Waals surface area contributed by atoms with Crippen LogP contribution in [0.25, 0.3) is 0 Å². The summed E-state index contributed by atoms with van der Waals surface area (Å²) >= 11 is 1.58. The number of hydrogen-bond donors (Lipinski definition) is 0. The van der Waals surface area contributed by atoms with Crippen molar-refractivity contribution < 1.29 is 14.5 Å². The molecule has 2 rings (SSSR count). The molecule has 0 bridgehead atoms. The second-order valence-electron chi connectivity index (χ2n) is 4.42. The highest BCUT2D eigenvalue weighted by Crippen LogP contribution is 2.17. The molecule has 0 atom stereocenters. The summed E-state index contributed by atoms with van der Waals surface area (Å²) in [4.78, 5) is 23.5. The van der Waals surface area contributed by atoms with E-state index in [0.29, 0.717) is 12.3 Å². The molecule has 2 aromatic rings. The fourth-order valence-electron chi connectivity index (χ4n) is 1.66. The molecular weight excluding hydrogens is 292 g/mol. The van der Waals surface area contributed by atoms with Gasteiger partial charge in [-0.25, -0.2) is 0 Å². The molecule has 7 heteroatoms. The van der Waals surface area contributed by atoms with Crippen LogP contribution in [0.2, 0.25) is 0 Å². The summed E-state index contributed by atoms with van der Waals surface area (Å²) < 4.78 is 5.33. The van der Waals surface area contributed by atoms with E-state index < -0.39 is 4.92 Å². The Morgan fingerprint density at radius 3 is 2.62 bits per heavy atom. The van der Waals surface area contributed by atoms with Crippen LogP contribution in [0.4, 0.5) is 5.69 Å². The quantitative estimate of drug-likeness (QED) is 0.607. The Kier molecular flexibility index (Phi) is 4.89. The Bertz CT molecular complexity index is 610. The minimum Gasteiger partial charge on any atom is -0.484 e. The molecule has 0 aliphatic carbocycles. The van der Waals surface area contributed by atoms with E-state index in [2.05, 4.69) is 0 Å². The second kappa shape index (κ2) is 6.85. The first-order chi connectivity index (χ1) is 10.1. The van der Waals surface area contributed by atoms with Gasteiger partial charge in [-0.3, -0.25) is 14.9 Å². The number of likely N-dealkylation sites (N-methyl/N-ethyl adjacent to an activating group) is 1. The SMILES string of the molecule is CN(Cc1ccsc1)C(=O)COc1ccc([N+](=O)[O-])cc1. The molecule has 0 aliphatic rings. The minimum absolute atomic E-state index is 0.0109. The van der Waals surface area contributed by atoms with Crippen molar-refractivity contribution in [3.63, 3.8) is 0 Å². The van der Waals surface area contributed by atoms with Crippen molar-refractivity contribution in [3.05, 3.63) is 56.8 Å². The van der Waals surface area contributed by atoms with Crippen molar-refractivity contribution in [1.82, 2.24) is 4.90 Å². The number of nitro benzene ring substituents is 1. The highest BCUT2D eigenvalue weighted by molar-refractivity contribution is 7.07. The van der Waals surface area contributed by atoms with Gasteiger partial charge < -0.3 is 9.64 Å². The highest BCUT2D eigenvalue weighted by Gasteiger charge is 2.11. The normalized spacial score (nSPS) is 10.1. The molecule has 1 aromatic carbocycles. The summed E-state index contributed by atoms with van der Waals surface area (Å²) in [5.74, 6) is 0.275. The Morgan fingerprint density at radius 2 is 2.05 bits per heavy atom. The molecule has 6 nitrogen and oxygen atoms in total. The van der Waals surface area contributed by atoms with Gasteiger partial charge in [-0.15, -0.1) is 0 Å². The first kappa shape index (κ1) is 15.0. The number of carbonyl (C=O) groups excluding carboxylic acids is 1. The number of rotatable bonds is 6.